The van der Waals surface area contributed by atoms with E-state index >= 15 is 0 Å². The van der Waals surface area contributed by atoms with E-state index < -0.39 is 5.91 Å². The van der Waals surface area contributed by atoms with Gasteiger partial charge in [-0.05, 0) is 73.8 Å². The Hall–Kier alpha value is -3.53. The summed E-state index contributed by atoms with van der Waals surface area (Å²) in [5, 5.41) is 9.58. The van der Waals surface area contributed by atoms with E-state index in [0.717, 1.165) is 63.3 Å². The molecule has 9 heteroatoms. The fourth-order valence-corrected chi connectivity index (χ4v) is 5.90. The first-order valence-electron chi connectivity index (χ1n) is 11.3. The minimum absolute atomic E-state index is 0.0884. The molecule has 2 aromatic carbocycles. The molecule has 5 rings (SSSR count). The van der Waals surface area contributed by atoms with E-state index in [0.29, 0.717) is 11.4 Å². The van der Waals surface area contributed by atoms with Crippen molar-refractivity contribution in [2.75, 3.05) is 13.6 Å². The summed E-state index contributed by atoms with van der Waals surface area (Å²) in [4.78, 5) is 36.8. The Morgan fingerprint density at radius 1 is 1.26 bits per heavy atom. The van der Waals surface area contributed by atoms with Crippen molar-refractivity contribution >= 4 is 27.5 Å². The average molecular weight is 491 g/mol. The molecule has 0 saturated heterocycles. The standard InChI is InChI=1S/C26H26N4O4S/c1-14-9-18(10-15(2)22(14)34-13-16-5-4-6-17(11-16)24(31)29-33)23-27-25(32)21-19-7-8-30(3)12-20(19)35-26(21)28-23/h4-6,9-11,33H,7-8,12-13H2,1-3H3,(H,29,31)(H,27,28,32). The van der Waals surface area contributed by atoms with Crippen LogP contribution in [0.1, 0.15) is 37.5 Å². The number of rotatable bonds is 5. The molecule has 0 aliphatic carbocycles. The number of hydrogen-bond donors (Lipinski definition) is 3. The summed E-state index contributed by atoms with van der Waals surface area (Å²) in [7, 11) is 2.09. The number of carbonyl (C=O) groups is 1. The average Bonchev–Trinajstić information content (AvgIpc) is 3.21. The number of aromatic amines is 1. The number of H-pyrrole nitrogens is 1. The first-order chi connectivity index (χ1) is 16.8. The fraction of sp³-hybridized carbons (Fsp3) is 0.269. The second-order valence-corrected chi connectivity index (χ2v) is 10.0. The summed E-state index contributed by atoms with van der Waals surface area (Å²) >= 11 is 1.61. The first-order valence-corrected chi connectivity index (χ1v) is 12.2. The van der Waals surface area contributed by atoms with Gasteiger partial charge in [-0.15, -0.1) is 11.3 Å². The number of aromatic nitrogens is 2. The van der Waals surface area contributed by atoms with Crippen LogP contribution >= 0.6 is 11.3 Å². The molecule has 0 unspecified atom stereocenters. The lowest BCUT2D eigenvalue weighted by molar-refractivity contribution is 0.0706. The number of nitrogens with zero attached hydrogens (tertiary/aromatic N) is 2. The molecular formula is C26H26N4O4S. The van der Waals surface area contributed by atoms with Gasteiger partial charge in [-0.25, -0.2) is 10.5 Å². The zero-order valence-electron chi connectivity index (χ0n) is 19.8. The second kappa shape index (κ2) is 9.26. The number of hydrogen-bond acceptors (Lipinski definition) is 7. The highest BCUT2D eigenvalue weighted by molar-refractivity contribution is 7.18. The van der Waals surface area contributed by atoms with Crippen LogP contribution in [-0.2, 0) is 19.6 Å². The molecule has 0 fully saturated rings. The van der Waals surface area contributed by atoms with Crippen LogP contribution in [-0.4, -0.2) is 39.6 Å². The topological polar surface area (TPSA) is 108 Å². The van der Waals surface area contributed by atoms with Gasteiger partial charge in [-0.1, -0.05) is 12.1 Å². The van der Waals surface area contributed by atoms with Crippen molar-refractivity contribution in [3.8, 4) is 17.1 Å². The molecule has 0 spiro atoms. The largest absolute Gasteiger partial charge is 0.488 e. The van der Waals surface area contributed by atoms with Crippen LogP contribution in [0.5, 0.6) is 5.75 Å². The van der Waals surface area contributed by atoms with Gasteiger partial charge in [0.1, 0.15) is 23.0 Å². The van der Waals surface area contributed by atoms with Crippen molar-refractivity contribution in [2.45, 2.75) is 33.4 Å². The van der Waals surface area contributed by atoms with E-state index in [1.807, 2.05) is 32.0 Å². The van der Waals surface area contributed by atoms with Gasteiger partial charge in [0.15, 0.2) is 0 Å². The molecule has 180 valence electrons. The molecule has 0 radical (unpaired) electrons. The second-order valence-electron chi connectivity index (χ2n) is 8.96. The van der Waals surface area contributed by atoms with Gasteiger partial charge in [0.2, 0.25) is 0 Å². The molecule has 0 atom stereocenters. The lowest BCUT2D eigenvalue weighted by Gasteiger charge is -2.21. The van der Waals surface area contributed by atoms with Crippen LogP contribution in [0.25, 0.3) is 21.6 Å². The molecular weight excluding hydrogens is 464 g/mol. The number of nitrogens with one attached hydrogen (secondary N) is 2. The molecule has 0 bridgehead atoms. The number of carbonyl (C=O) groups excluding carboxylic acids is 1. The molecule has 0 saturated carbocycles. The van der Waals surface area contributed by atoms with Crippen LogP contribution in [0.4, 0.5) is 0 Å². The Balaban J connectivity index is 1.43. The fourth-order valence-electron chi connectivity index (χ4n) is 4.60. The summed E-state index contributed by atoms with van der Waals surface area (Å²) in [5.41, 5.74) is 6.51. The van der Waals surface area contributed by atoms with Crippen molar-refractivity contribution in [2.24, 2.45) is 0 Å². The monoisotopic (exact) mass is 490 g/mol. The smallest absolute Gasteiger partial charge is 0.274 e. The number of aryl methyl sites for hydroxylation is 2. The Morgan fingerprint density at radius 3 is 2.77 bits per heavy atom. The van der Waals surface area contributed by atoms with Gasteiger partial charge >= 0.3 is 0 Å². The quantitative estimate of drug-likeness (QED) is 0.289. The number of thiophene rings is 1. The summed E-state index contributed by atoms with van der Waals surface area (Å²) in [5.74, 6) is 0.722. The van der Waals surface area contributed by atoms with E-state index in [1.54, 1.807) is 35.0 Å². The van der Waals surface area contributed by atoms with Crippen LogP contribution in [0.3, 0.4) is 0 Å². The van der Waals surface area contributed by atoms with Crippen molar-refractivity contribution in [3.05, 3.63) is 79.4 Å². The molecule has 4 aromatic rings. The number of fused-ring (bicyclic) bond motifs is 3. The minimum Gasteiger partial charge on any atom is -0.488 e. The maximum atomic E-state index is 13.0. The van der Waals surface area contributed by atoms with Crippen molar-refractivity contribution < 1.29 is 14.7 Å². The van der Waals surface area contributed by atoms with Crippen LogP contribution < -0.4 is 15.8 Å². The summed E-state index contributed by atoms with van der Waals surface area (Å²) in [6.07, 6.45) is 0.869. The summed E-state index contributed by atoms with van der Waals surface area (Å²) in [6, 6.07) is 10.8. The summed E-state index contributed by atoms with van der Waals surface area (Å²) < 4.78 is 6.08. The lowest BCUT2D eigenvalue weighted by Crippen LogP contribution is -2.25. The van der Waals surface area contributed by atoms with Crippen molar-refractivity contribution in [1.82, 2.24) is 20.3 Å². The molecule has 2 aromatic heterocycles. The van der Waals surface area contributed by atoms with E-state index in [-0.39, 0.29) is 12.2 Å². The van der Waals surface area contributed by atoms with Gasteiger partial charge in [0.05, 0.1) is 5.39 Å². The number of ether oxygens (including phenoxy) is 1. The first kappa shape index (κ1) is 23.2. The maximum absolute atomic E-state index is 13.0. The van der Waals surface area contributed by atoms with Gasteiger partial charge in [0.25, 0.3) is 11.5 Å². The maximum Gasteiger partial charge on any atom is 0.274 e. The normalized spacial score (nSPS) is 13.6. The van der Waals surface area contributed by atoms with E-state index in [9.17, 15) is 9.59 Å². The van der Waals surface area contributed by atoms with E-state index in [2.05, 4.69) is 16.9 Å². The van der Waals surface area contributed by atoms with Gasteiger partial charge in [0, 0.05) is 29.1 Å². The molecule has 1 aliphatic rings. The van der Waals surface area contributed by atoms with Gasteiger partial charge in [-0.2, -0.15) is 0 Å². The van der Waals surface area contributed by atoms with E-state index in [4.69, 9.17) is 14.9 Å². The van der Waals surface area contributed by atoms with Crippen molar-refractivity contribution in [3.63, 3.8) is 0 Å². The molecule has 3 N–H and O–H groups in total. The van der Waals surface area contributed by atoms with Crippen LogP contribution in [0.15, 0.2) is 41.2 Å². The highest BCUT2D eigenvalue weighted by Gasteiger charge is 2.22. The third-order valence-corrected chi connectivity index (χ3v) is 7.42. The minimum atomic E-state index is -0.569. The number of benzene rings is 2. The predicted molar refractivity (Wildman–Crippen MR) is 135 cm³/mol. The molecule has 1 amide bonds. The highest BCUT2D eigenvalue weighted by atomic mass is 32.1. The predicted octanol–water partition coefficient (Wildman–Crippen LogP) is 3.95. The Kier molecular flexibility index (Phi) is 6.14. The Bertz CT molecular complexity index is 1480. The molecule has 35 heavy (non-hydrogen) atoms. The van der Waals surface area contributed by atoms with Crippen LogP contribution in [0, 0.1) is 13.8 Å². The highest BCUT2D eigenvalue weighted by Crippen LogP contribution is 2.34. The van der Waals surface area contributed by atoms with E-state index in [1.165, 1.54) is 4.88 Å². The Labute approximate surface area is 206 Å². The lowest BCUT2D eigenvalue weighted by atomic mass is 10.0. The molecule has 8 nitrogen and oxygen atoms in total. The molecule has 1 aliphatic heterocycles. The molecule has 3 heterocycles. The zero-order chi connectivity index (χ0) is 24.7. The van der Waals surface area contributed by atoms with Crippen molar-refractivity contribution in [1.29, 1.82) is 0 Å². The third kappa shape index (κ3) is 4.45. The number of amides is 1. The Morgan fingerprint density at radius 2 is 2.03 bits per heavy atom. The number of hydroxylamine groups is 1. The number of likely N-dealkylation sites (N-methyl/N-ethyl adjacent to an activating group) is 1. The van der Waals surface area contributed by atoms with Crippen LogP contribution in [0.2, 0.25) is 0 Å². The summed E-state index contributed by atoms with van der Waals surface area (Å²) in [6.45, 7) is 5.97. The van der Waals surface area contributed by atoms with Gasteiger partial charge < -0.3 is 14.6 Å². The third-order valence-electron chi connectivity index (χ3n) is 6.31. The SMILES string of the molecule is Cc1cc(-c2nc3sc4c(c3c(=O)[nH]2)CCN(C)C4)cc(C)c1OCc1cccc(C(=O)NO)c1. The zero-order valence-corrected chi connectivity index (χ0v) is 20.6. The van der Waals surface area contributed by atoms with Gasteiger partial charge in [-0.3, -0.25) is 14.8 Å².